The summed E-state index contributed by atoms with van der Waals surface area (Å²) in [5.41, 5.74) is -0.640. The molecule has 160 valence electrons. The predicted octanol–water partition coefficient (Wildman–Crippen LogP) is 3.11. The average Bonchev–Trinajstić information content (AvgIpc) is 3.13. The standard InChI is InChI=1S/C20H18F5N3O2/c21-14-5-6-17(16(22)9-14)28-8-7-15(11-28)27-18(29)10-26-19(30)12-1-3-13(4-2-12)20(23,24)25/h1-6,9,15H,7-8,10-11H2,(H,26,30)(H,27,29). The second-order valence-electron chi connectivity index (χ2n) is 6.85. The molecule has 1 aliphatic heterocycles. The maximum Gasteiger partial charge on any atom is 0.416 e. The van der Waals surface area contributed by atoms with Gasteiger partial charge in [-0.1, -0.05) is 0 Å². The molecule has 2 aromatic rings. The van der Waals surface area contributed by atoms with Crippen LogP contribution in [0.4, 0.5) is 27.6 Å². The maximum atomic E-state index is 13.9. The number of alkyl halides is 3. The first-order valence-corrected chi connectivity index (χ1v) is 9.08. The molecule has 2 amide bonds. The van der Waals surface area contributed by atoms with Gasteiger partial charge in [0.2, 0.25) is 5.91 Å². The van der Waals surface area contributed by atoms with Crippen LogP contribution in [0.25, 0.3) is 0 Å². The van der Waals surface area contributed by atoms with Crippen LogP contribution < -0.4 is 15.5 Å². The second-order valence-corrected chi connectivity index (χ2v) is 6.85. The molecular weight excluding hydrogens is 409 g/mol. The fourth-order valence-corrected chi connectivity index (χ4v) is 3.19. The Labute approximate surface area is 168 Å². The molecule has 1 unspecified atom stereocenters. The van der Waals surface area contributed by atoms with E-state index < -0.39 is 35.2 Å². The van der Waals surface area contributed by atoms with Crippen molar-refractivity contribution in [1.29, 1.82) is 0 Å². The zero-order valence-electron chi connectivity index (χ0n) is 15.6. The summed E-state index contributed by atoms with van der Waals surface area (Å²) < 4.78 is 64.6. The third-order valence-electron chi connectivity index (χ3n) is 4.69. The number of nitrogens with one attached hydrogen (secondary N) is 2. The van der Waals surface area contributed by atoms with E-state index in [2.05, 4.69) is 10.6 Å². The minimum Gasteiger partial charge on any atom is -0.367 e. The Morgan fingerprint density at radius 1 is 1.07 bits per heavy atom. The van der Waals surface area contributed by atoms with Gasteiger partial charge in [0.05, 0.1) is 17.8 Å². The molecule has 3 rings (SSSR count). The van der Waals surface area contributed by atoms with Crippen molar-refractivity contribution in [2.24, 2.45) is 0 Å². The summed E-state index contributed by atoms with van der Waals surface area (Å²) in [7, 11) is 0. The van der Waals surface area contributed by atoms with E-state index in [1.54, 1.807) is 4.90 Å². The number of amides is 2. The summed E-state index contributed by atoms with van der Waals surface area (Å²) in [4.78, 5) is 25.7. The Morgan fingerprint density at radius 3 is 2.40 bits per heavy atom. The van der Waals surface area contributed by atoms with Crippen molar-refractivity contribution in [3.63, 3.8) is 0 Å². The number of anilines is 1. The molecular formula is C20H18F5N3O2. The van der Waals surface area contributed by atoms with E-state index in [9.17, 15) is 31.5 Å². The summed E-state index contributed by atoms with van der Waals surface area (Å²) in [6.45, 7) is 0.424. The third-order valence-corrected chi connectivity index (χ3v) is 4.69. The van der Waals surface area contributed by atoms with Crippen molar-refractivity contribution in [2.75, 3.05) is 24.5 Å². The number of nitrogens with zero attached hydrogens (tertiary/aromatic N) is 1. The fraction of sp³-hybridized carbons (Fsp3) is 0.300. The molecule has 30 heavy (non-hydrogen) atoms. The Bertz CT molecular complexity index is 931. The molecule has 2 aromatic carbocycles. The van der Waals surface area contributed by atoms with E-state index in [4.69, 9.17) is 0 Å². The lowest BCUT2D eigenvalue weighted by molar-refractivity contribution is -0.137. The zero-order valence-corrected chi connectivity index (χ0v) is 15.6. The molecule has 0 radical (unpaired) electrons. The van der Waals surface area contributed by atoms with Gasteiger partial charge in [0.15, 0.2) is 0 Å². The van der Waals surface area contributed by atoms with Gasteiger partial charge in [0.1, 0.15) is 11.6 Å². The molecule has 1 heterocycles. The minimum absolute atomic E-state index is 0.00498. The summed E-state index contributed by atoms with van der Waals surface area (Å²) in [5, 5.41) is 5.05. The van der Waals surface area contributed by atoms with E-state index in [0.29, 0.717) is 19.5 Å². The van der Waals surface area contributed by atoms with Crippen LogP contribution in [0.2, 0.25) is 0 Å². The highest BCUT2D eigenvalue weighted by molar-refractivity contribution is 5.96. The molecule has 1 atom stereocenters. The first-order valence-electron chi connectivity index (χ1n) is 9.08. The van der Waals surface area contributed by atoms with Gasteiger partial charge in [0.25, 0.3) is 5.91 Å². The van der Waals surface area contributed by atoms with Gasteiger partial charge in [-0.05, 0) is 42.8 Å². The number of benzene rings is 2. The van der Waals surface area contributed by atoms with Crippen LogP contribution in [0, 0.1) is 11.6 Å². The number of hydrogen-bond donors (Lipinski definition) is 2. The Kier molecular flexibility index (Phi) is 6.23. The predicted molar refractivity (Wildman–Crippen MR) is 98.9 cm³/mol. The van der Waals surface area contributed by atoms with Gasteiger partial charge in [-0.2, -0.15) is 13.2 Å². The number of hydrogen-bond acceptors (Lipinski definition) is 3. The van der Waals surface area contributed by atoms with Crippen LogP contribution in [0.1, 0.15) is 22.3 Å². The smallest absolute Gasteiger partial charge is 0.367 e. The van der Waals surface area contributed by atoms with E-state index >= 15 is 0 Å². The maximum absolute atomic E-state index is 13.9. The Balaban J connectivity index is 1.47. The topological polar surface area (TPSA) is 61.4 Å². The summed E-state index contributed by atoms with van der Waals surface area (Å²) in [6.07, 6.45) is -3.96. The highest BCUT2D eigenvalue weighted by Gasteiger charge is 2.30. The minimum atomic E-state index is -4.50. The third kappa shape index (κ3) is 5.25. The first kappa shape index (κ1) is 21.5. The Hall–Kier alpha value is -3.17. The molecule has 0 aliphatic carbocycles. The van der Waals surface area contributed by atoms with Gasteiger partial charge in [0, 0.05) is 30.8 Å². The number of halogens is 5. The van der Waals surface area contributed by atoms with E-state index in [0.717, 1.165) is 36.4 Å². The quantitative estimate of drug-likeness (QED) is 0.721. The van der Waals surface area contributed by atoms with E-state index in [1.807, 2.05) is 0 Å². The van der Waals surface area contributed by atoms with Crippen molar-refractivity contribution in [1.82, 2.24) is 10.6 Å². The van der Waals surface area contributed by atoms with Gasteiger partial charge in [-0.15, -0.1) is 0 Å². The highest BCUT2D eigenvalue weighted by Crippen LogP contribution is 2.29. The molecule has 0 bridgehead atoms. The van der Waals surface area contributed by atoms with Crippen LogP contribution in [-0.4, -0.2) is 37.5 Å². The van der Waals surface area contributed by atoms with Gasteiger partial charge >= 0.3 is 6.18 Å². The van der Waals surface area contributed by atoms with Gasteiger partial charge in [-0.3, -0.25) is 9.59 Å². The molecule has 5 nitrogen and oxygen atoms in total. The molecule has 0 saturated carbocycles. The van der Waals surface area contributed by atoms with Crippen LogP contribution in [0.15, 0.2) is 42.5 Å². The lowest BCUT2D eigenvalue weighted by Crippen LogP contribution is -2.43. The van der Waals surface area contributed by atoms with Crippen LogP contribution >= 0.6 is 0 Å². The summed E-state index contributed by atoms with van der Waals surface area (Å²) >= 11 is 0. The molecule has 0 aromatic heterocycles. The first-order chi connectivity index (χ1) is 14.1. The monoisotopic (exact) mass is 427 g/mol. The number of rotatable bonds is 5. The van der Waals surface area contributed by atoms with Crippen molar-refractivity contribution < 1.29 is 31.5 Å². The molecule has 1 saturated heterocycles. The SMILES string of the molecule is O=C(CNC(=O)c1ccc(C(F)(F)F)cc1)NC1CCN(c2ccc(F)cc2F)C1. The van der Waals surface area contributed by atoms with Crippen molar-refractivity contribution in [3.8, 4) is 0 Å². The molecule has 2 N–H and O–H groups in total. The molecule has 0 spiro atoms. The summed E-state index contributed by atoms with van der Waals surface area (Å²) in [5.74, 6) is -2.53. The van der Waals surface area contributed by atoms with Crippen LogP contribution in [0.5, 0.6) is 0 Å². The van der Waals surface area contributed by atoms with Crippen molar-refractivity contribution in [2.45, 2.75) is 18.6 Å². The van der Waals surface area contributed by atoms with Crippen LogP contribution in [-0.2, 0) is 11.0 Å². The Morgan fingerprint density at radius 2 is 1.77 bits per heavy atom. The van der Waals surface area contributed by atoms with E-state index in [-0.39, 0.29) is 23.8 Å². The zero-order chi connectivity index (χ0) is 21.9. The van der Waals surface area contributed by atoms with E-state index in [1.165, 1.54) is 6.07 Å². The normalized spacial score (nSPS) is 16.4. The lowest BCUT2D eigenvalue weighted by atomic mass is 10.1. The van der Waals surface area contributed by atoms with Crippen molar-refractivity contribution in [3.05, 3.63) is 65.2 Å². The summed E-state index contributed by atoms with van der Waals surface area (Å²) in [6, 6.07) is 6.63. The van der Waals surface area contributed by atoms with Crippen LogP contribution in [0.3, 0.4) is 0 Å². The average molecular weight is 427 g/mol. The number of carbonyl (C=O) groups is 2. The highest BCUT2D eigenvalue weighted by atomic mass is 19.4. The fourth-order valence-electron chi connectivity index (χ4n) is 3.19. The lowest BCUT2D eigenvalue weighted by Gasteiger charge is -2.19. The van der Waals surface area contributed by atoms with Gasteiger partial charge in [-0.25, -0.2) is 8.78 Å². The number of carbonyl (C=O) groups excluding carboxylic acids is 2. The molecule has 10 heteroatoms. The van der Waals surface area contributed by atoms with Gasteiger partial charge < -0.3 is 15.5 Å². The largest absolute Gasteiger partial charge is 0.416 e. The second kappa shape index (κ2) is 8.68. The molecule has 1 aliphatic rings. The van der Waals surface area contributed by atoms with Crippen molar-refractivity contribution >= 4 is 17.5 Å². The molecule has 1 fully saturated rings.